The van der Waals surface area contributed by atoms with Gasteiger partial charge in [-0.15, -0.1) is 24.0 Å². The molecule has 0 fully saturated rings. The molecule has 2 N–H and O–H groups in total. The van der Waals surface area contributed by atoms with Crippen LogP contribution in [0.25, 0.3) is 0 Å². The molecule has 0 atom stereocenters. The van der Waals surface area contributed by atoms with Crippen LogP contribution in [0.3, 0.4) is 0 Å². The lowest BCUT2D eigenvalue weighted by molar-refractivity contribution is 0.685. The molecule has 0 radical (unpaired) electrons. The molecule has 1 rings (SSSR count). The summed E-state index contributed by atoms with van der Waals surface area (Å²) in [5, 5.41) is 7.92. The fraction of sp³-hybridized carbons (Fsp3) is 0.500. The lowest BCUT2D eigenvalue weighted by Crippen LogP contribution is -2.41. The third kappa shape index (κ3) is 7.55. The first-order valence-electron chi connectivity index (χ1n) is 6.44. The molecule has 0 unspecified atom stereocenters. The molecule has 0 amide bonds. The quantitative estimate of drug-likeness (QED) is 0.319. The van der Waals surface area contributed by atoms with Crippen LogP contribution in [0, 0.1) is 0 Å². The SMILES string of the molecule is CN=C(NCCCc1ccc(Cl)cc1Cl)NC(C)C.I. The van der Waals surface area contributed by atoms with Gasteiger partial charge in [0.05, 0.1) is 0 Å². The van der Waals surface area contributed by atoms with Crippen molar-refractivity contribution in [3.05, 3.63) is 33.8 Å². The van der Waals surface area contributed by atoms with E-state index in [2.05, 4.69) is 29.5 Å². The molecule has 0 aromatic heterocycles. The average molecular weight is 430 g/mol. The summed E-state index contributed by atoms with van der Waals surface area (Å²) in [6.45, 7) is 5.02. The van der Waals surface area contributed by atoms with Crippen molar-refractivity contribution in [2.45, 2.75) is 32.7 Å². The highest BCUT2D eigenvalue weighted by molar-refractivity contribution is 14.0. The van der Waals surface area contributed by atoms with Gasteiger partial charge in [0, 0.05) is 29.7 Å². The molecule has 0 saturated heterocycles. The Bertz CT molecular complexity index is 436. The normalized spacial score (nSPS) is 11.2. The molecule has 0 aliphatic rings. The van der Waals surface area contributed by atoms with E-state index in [1.807, 2.05) is 12.1 Å². The standard InChI is InChI=1S/C14H21Cl2N3.HI/c1-10(2)19-14(17-3)18-8-4-5-11-6-7-12(15)9-13(11)16;/h6-7,9-10H,4-5,8H2,1-3H3,(H2,17,18,19);1H. The summed E-state index contributed by atoms with van der Waals surface area (Å²) in [5.74, 6) is 0.831. The van der Waals surface area contributed by atoms with Crippen molar-refractivity contribution in [2.75, 3.05) is 13.6 Å². The topological polar surface area (TPSA) is 36.4 Å². The van der Waals surface area contributed by atoms with Crippen LogP contribution in [-0.4, -0.2) is 25.6 Å². The summed E-state index contributed by atoms with van der Waals surface area (Å²) in [6.07, 6.45) is 1.90. The third-order valence-electron chi connectivity index (χ3n) is 2.58. The summed E-state index contributed by atoms with van der Waals surface area (Å²) in [4.78, 5) is 4.15. The molecule has 0 aliphatic carbocycles. The minimum absolute atomic E-state index is 0. The van der Waals surface area contributed by atoms with Crippen LogP contribution >= 0.6 is 47.2 Å². The summed E-state index contributed by atoms with van der Waals surface area (Å²) in [6, 6.07) is 6.00. The van der Waals surface area contributed by atoms with Crippen LogP contribution in [0.5, 0.6) is 0 Å². The predicted molar refractivity (Wildman–Crippen MR) is 99.8 cm³/mol. The van der Waals surface area contributed by atoms with Crippen LogP contribution in [0.4, 0.5) is 0 Å². The molecule has 0 spiro atoms. The highest BCUT2D eigenvalue weighted by Crippen LogP contribution is 2.21. The number of guanidine groups is 1. The molecule has 114 valence electrons. The highest BCUT2D eigenvalue weighted by Gasteiger charge is 2.02. The van der Waals surface area contributed by atoms with E-state index in [4.69, 9.17) is 23.2 Å². The zero-order valence-corrected chi connectivity index (χ0v) is 15.9. The van der Waals surface area contributed by atoms with Gasteiger partial charge in [0.15, 0.2) is 5.96 Å². The zero-order chi connectivity index (χ0) is 14.3. The molecule has 1 aromatic carbocycles. The zero-order valence-electron chi connectivity index (χ0n) is 12.0. The molecule has 0 heterocycles. The van der Waals surface area contributed by atoms with Crippen LogP contribution in [-0.2, 0) is 6.42 Å². The molecule has 0 aliphatic heterocycles. The monoisotopic (exact) mass is 429 g/mol. The number of nitrogens with one attached hydrogen (secondary N) is 2. The Balaban J connectivity index is 0.00000361. The maximum atomic E-state index is 6.13. The molecule has 6 heteroatoms. The number of aliphatic imine (C=N–C) groups is 1. The number of aryl methyl sites for hydroxylation is 1. The number of hydrogen-bond donors (Lipinski definition) is 2. The number of hydrogen-bond acceptors (Lipinski definition) is 1. The van der Waals surface area contributed by atoms with E-state index in [1.165, 1.54) is 0 Å². The Labute approximate surface area is 148 Å². The molecular formula is C14H22Cl2IN3. The van der Waals surface area contributed by atoms with E-state index in [0.717, 1.165) is 35.9 Å². The Morgan fingerprint density at radius 1 is 1.30 bits per heavy atom. The first kappa shape index (κ1) is 19.8. The van der Waals surface area contributed by atoms with Gasteiger partial charge in [-0.3, -0.25) is 4.99 Å². The molecule has 0 bridgehead atoms. The van der Waals surface area contributed by atoms with Crippen molar-refractivity contribution < 1.29 is 0 Å². The Hall–Kier alpha value is -0.200. The Morgan fingerprint density at radius 2 is 2.00 bits per heavy atom. The van der Waals surface area contributed by atoms with E-state index in [0.29, 0.717) is 11.1 Å². The van der Waals surface area contributed by atoms with Crippen LogP contribution in [0.2, 0.25) is 10.0 Å². The van der Waals surface area contributed by atoms with Gasteiger partial charge in [-0.2, -0.15) is 0 Å². The van der Waals surface area contributed by atoms with Gasteiger partial charge < -0.3 is 10.6 Å². The first-order valence-corrected chi connectivity index (χ1v) is 7.19. The van der Waals surface area contributed by atoms with Gasteiger partial charge in [-0.1, -0.05) is 29.3 Å². The van der Waals surface area contributed by atoms with Crippen molar-refractivity contribution in [1.82, 2.24) is 10.6 Å². The van der Waals surface area contributed by atoms with E-state index in [9.17, 15) is 0 Å². The number of rotatable bonds is 5. The lowest BCUT2D eigenvalue weighted by Gasteiger charge is -2.14. The van der Waals surface area contributed by atoms with Crippen molar-refractivity contribution >= 4 is 53.1 Å². The van der Waals surface area contributed by atoms with Crippen LogP contribution in [0.15, 0.2) is 23.2 Å². The van der Waals surface area contributed by atoms with Crippen molar-refractivity contribution in [3.63, 3.8) is 0 Å². The minimum atomic E-state index is 0. The fourth-order valence-electron chi connectivity index (χ4n) is 1.68. The van der Waals surface area contributed by atoms with Crippen LogP contribution in [0.1, 0.15) is 25.8 Å². The maximum absolute atomic E-state index is 6.13. The van der Waals surface area contributed by atoms with Gasteiger partial charge in [0.1, 0.15) is 0 Å². The summed E-state index contributed by atoms with van der Waals surface area (Å²) in [5.41, 5.74) is 1.12. The first-order chi connectivity index (χ1) is 9.02. The fourth-order valence-corrected chi connectivity index (χ4v) is 2.18. The van der Waals surface area contributed by atoms with Crippen molar-refractivity contribution in [1.29, 1.82) is 0 Å². The maximum Gasteiger partial charge on any atom is 0.191 e. The van der Waals surface area contributed by atoms with E-state index < -0.39 is 0 Å². The second kappa shape index (κ2) is 10.5. The van der Waals surface area contributed by atoms with Crippen molar-refractivity contribution in [2.24, 2.45) is 4.99 Å². The molecular weight excluding hydrogens is 408 g/mol. The smallest absolute Gasteiger partial charge is 0.191 e. The number of halogens is 3. The highest BCUT2D eigenvalue weighted by atomic mass is 127. The number of benzene rings is 1. The summed E-state index contributed by atoms with van der Waals surface area (Å²) < 4.78 is 0. The van der Waals surface area contributed by atoms with Crippen molar-refractivity contribution in [3.8, 4) is 0 Å². The summed E-state index contributed by atoms with van der Waals surface area (Å²) in [7, 11) is 1.77. The average Bonchev–Trinajstić information content (AvgIpc) is 2.34. The van der Waals surface area contributed by atoms with E-state index in [-0.39, 0.29) is 24.0 Å². The molecule has 20 heavy (non-hydrogen) atoms. The molecule has 0 saturated carbocycles. The van der Waals surface area contributed by atoms with Crippen LogP contribution < -0.4 is 10.6 Å². The third-order valence-corrected chi connectivity index (χ3v) is 3.17. The van der Waals surface area contributed by atoms with Gasteiger partial charge >= 0.3 is 0 Å². The lowest BCUT2D eigenvalue weighted by atomic mass is 10.1. The Kier molecular flexibility index (Phi) is 10.4. The predicted octanol–water partition coefficient (Wildman–Crippen LogP) is 4.12. The van der Waals surface area contributed by atoms with E-state index in [1.54, 1.807) is 13.1 Å². The van der Waals surface area contributed by atoms with Gasteiger partial charge in [-0.25, -0.2) is 0 Å². The minimum Gasteiger partial charge on any atom is -0.356 e. The largest absolute Gasteiger partial charge is 0.356 e. The molecule has 3 nitrogen and oxygen atoms in total. The second-order valence-corrected chi connectivity index (χ2v) is 5.48. The van der Waals surface area contributed by atoms with Gasteiger partial charge in [0.25, 0.3) is 0 Å². The van der Waals surface area contributed by atoms with Gasteiger partial charge in [0.2, 0.25) is 0 Å². The number of nitrogens with zero attached hydrogens (tertiary/aromatic N) is 1. The van der Waals surface area contributed by atoms with E-state index >= 15 is 0 Å². The second-order valence-electron chi connectivity index (χ2n) is 4.64. The Morgan fingerprint density at radius 3 is 2.55 bits per heavy atom. The summed E-state index contributed by atoms with van der Waals surface area (Å²) >= 11 is 12.0. The molecule has 1 aromatic rings. The van der Waals surface area contributed by atoms with Gasteiger partial charge in [-0.05, 0) is 44.4 Å².